The summed E-state index contributed by atoms with van der Waals surface area (Å²) in [5.41, 5.74) is 0. The third-order valence-electron chi connectivity index (χ3n) is 0.520. The summed E-state index contributed by atoms with van der Waals surface area (Å²) in [4.78, 5) is 2.00. The predicted octanol–water partition coefficient (Wildman–Crippen LogP) is 0.383. The van der Waals surface area contributed by atoms with E-state index in [1.807, 2.05) is 19.0 Å². The van der Waals surface area contributed by atoms with Crippen molar-refractivity contribution in [2.45, 2.75) is 0 Å². The Morgan fingerprint density at radius 2 is 2.00 bits per heavy atom. The minimum Gasteiger partial charge on any atom is -0.316 e. The average molecular weight is 185 g/mol. The number of nitrogens with zero attached hydrogens (tertiary/aromatic N) is 1. The first-order chi connectivity index (χ1) is 3.27. The predicted molar refractivity (Wildman–Crippen MR) is 31.7 cm³/mol. The first-order valence-corrected chi connectivity index (χ1v) is 2.17. The normalized spacial score (nSPS) is 6.88. The fraction of sp³-hybridized carbons (Fsp3) is 0.500. The molecular formula is C6H10NY-. The zero-order chi connectivity index (χ0) is 5.70. The van der Waals surface area contributed by atoms with Crippen LogP contribution in [0.15, 0.2) is 0 Å². The van der Waals surface area contributed by atoms with E-state index in [0.717, 1.165) is 6.54 Å². The molecule has 0 heterocycles. The first kappa shape index (κ1) is 11.3. The van der Waals surface area contributed by atoms with E-state index >= 15 is 0 Å². The van der Waals surface area contributed by atoms with Crippen molar-refractivity contribution in [1.29, 1.82) is 0 Å². The van der Waals surface area contributed by atoms with E-state index in [-0.39, 0.29) is 32.7 Å². The quantitative estimate of drug-likeness (QED) is 0.421. The molecule has 1 radical (unpaired) electrons. The van der Waals surface area contributed by atoms with Gasteiger partial charge in [-0.2, -0.15) is 6.92 Å². The molecule has 0 aromatic carbocycles. The van der Waals surface area contributed by atoms with Crippen LogP contribution in [0.25, 0.3) is 0 Å². The third-order valence-corrected chi connectivity index (χ3v) is 0.520. The maximum atomic E-state index is 3.37. The van der Waals surface area contributed by atoms with Gasteiger partial charge in [0.25, 0.3) is 0 Å². The molecule has 0 amide bonds. The fourth-order valence-electron chi connectivity index (χ4n) is 0.214. The molecule has 0 spiro atoms. The van der Waals surface area contributed by atoms with E-state index in [0.29, 0.717) is 0 Å². The van der Waals surface area contributed by atoms with Crippen LogP contribution in [0.2, 0.25) is 0 Å². The molecule has 43 valence electrons. The molecule has 0 rings (SSSR count). The van der Waals surface area contributed by atoms with Gasteiger partial charge in [-0.1, -0.05) is 0 Å². The van der Waals surface area contributed by atoms with Crippen molar-refractivity contribution in [3.8, 4) is 11.8 Å². The summed E-state index contributed by atoms with van der Waals surface area (Å²) < 4.78 is 0. The van der Waals surface area contributed by atoms with Crippen molar-refractivity contribution in [1.82, 2.24) is 4.90 Å². The molecule has 1 nitrogen and oxygen atoms in total. The van der Waals surface area contributed by atoms with Crippen LogP contribution < -0.4 is 0 Å². The molecule has 0 saturated heterocycles. The van der Waals surface area contributed by atoms with Gasteiger partial charge >= 0.3 is 0 Å². The van der Waals surface area contributed by atoms with Gasteiger partial charge in [-0.15, -0.1) is 0 Å². The van der Waals surface area contributed by atoms with E-state index in [2.05, 4.69) is 18.8 Å². The van der Waals surface area contributed by atoms with E-state index < -0.39 is 0 Å². The van der Waals surface area contributed by atoms with Crippen molar-refractivity contribution in [2.24, 2.45) is 0 Å². The summed E-state index contributed by atoms with van der Waals surface area (Å²) in [6.45, 7) is 4.18. The molecule has 0 N–H and O–H groups in total. The van der Waals surface area contributed by atoms with Crippen LogP contribution in [0, 0.1) is 18.8 Å². The van der Waals surface area contributed by atoms with Crippen LogP contribution in [0.5, 0.6) is 0 Å². The summed E-state index contributed by atoms with van der Waals surface area (Å²) in [5, 5.41) is 0. The minimum absolute atomic E-state index is 0. The Balaban J connectivity index is 0. The third kappa shape index (κ3) is 9.71. The van der Waals surface area contributed by atoms with Crippen molar-refractivity contribution < 1.29 is 32.7 Å². The van der Waals surface area contributed by atoms with Gasteiger partial charge in [-0.3, -0.25) is 5.92 Å². The summed E-state index contributed by atoms with van der Waals surface area (Å²) in [6.07, 6.45) is 0. The van der Waals surface area contributed by atoms with Crippen molar-refractivity contribution in [3.05, 3.63) is 6.92 Å². The van der Waals surface area contributed by atoms with Gasteiger partial charge in [0.05, 0.1) is 0 Å². The molecule has 0 aromatic heterocycles. The van der Waals surface area contributed by atoms with Crippen molar-refractivity contribution in [2.75, 3.05) is 20.6 Å². The average Bonchev–Trinajstić information content (AvgIpc) is 1.61. The maximum Gasteiger partial charge on any atom is 0 e. The molecule has 0 atom stereocenters. The minimum atomic E-state index is 0. The second-order valence-electron chi connectivity index (χ2n) is 1.59. The van der Waals surface area contributed by atoms with Crippen molar-refractivity contribution in [3.63, 3.8) is 0 Å². The van der Waals surface area contributed by atoms with Gasteiger partial charge in [0.15, 0.2) is 0 Å². The Morgan fingerprint density at radius 3 is 2.12 bits per heavy atom. The Morgan fingerprint density at radius 1 is 1.50 bits per heavy atom. The Bertz CT molecular complexity index is 88.4. The largest absolute Gasteiger partial charge is 0.316 e. The van der Waals surface area contributed by atoms with Crippen LogP contribution >= 0.6 is 0 Å². The fourth-order valence-corrected chi connectivity index (χ4v) is 0.214. The Labute approximate surface area is 76.7 Å². The zero-order valence-corrected chi connectivity index (χ0v) is 8.28. The molecule has 0 aromatic rings. The summed E-state index contributed by atoms with van der Waals surface area (Å²) in [7, 11) is 3.95. The molecular weight excluding hydrogens is 175 g/mol. The zero-order valence-electron chi connectivity index (χ0n) is 5.44. The molecule has 2 heteroatoms. The van der Waals surface area contributed by atoms with Gasteiger partial charge < -0.3 is 10.8 Å². The summed E-state index contributed by atoms with van der Waals surface area (Å²) >= 11 is 0. The van der Waals surface area contributed by atoms with E-state index in [1.54, 1.807) is 0 Å². The van der Waals surface area contributed by atoms with Gasteiger partial charge in [0, 0.05) is 32.7 Å². The van der Waals surface area contributed by atoms with Crippen LogP contribution in [0.4, 0.5) is 0 Å². The summed E-state index contributed by atoms with van der Waals surface area (Å²) in [5.74, 6) is 5.37. The molecule has 8 heavy (non-hydrogen) atoms. The number of hydrogen-bond acceptors (Lipinski definition) is 1. The molecule has 0 bridgehead atoms. The number of rotatable bonds is 1. The van der Waals surface area contributed by atoms with Gasteiger partial charge in [-0.25, -0.2) is 0 Å². The maximum absolute atomic E-state index is 3.37. The van der Waals surface area contributed by atoms with Gasteiger partial charge in [0.1, 0.15) is 0 Å². The standard InChI is InChI=1S/C6H10N.Y/c1-4-5-6-7(2)3;/h1,6H2,2-3H3;/q-1;. The van der Waals surface area contributed by atoms with Crippen LogP contribution in [0.3, 0.4) is 0 Å². The van der Waals surface area contributed by atoms with Gasteiger partial charge in [-0.05, 0) is 20.6 Å². The van der Waals surface area contributed by atoms with E-state index in [9.17, 15) is 0 Å². The Hall–Kier alpha value is 0.494. The van der Waals surface area contributed by atoms with Crippen LogP contribution in [-0.4, -0.2) is 25.5 Å². The smallest absolute Gasteiger partial charge is 0 e. The molecule has 0 aliphatic heterocycles. The molecule has 0 aliphatic rings. The molecule has 0 unspecified atom stereocenters. The number of hydrogen-bond donors (Lipinski definition) is 0. The topological polar surface area (TPSA) is 3.24 Å². The van der Waals surface area contributed by atoms with E-state index in [1.165, 1.54) is 0 Å². The Kier molecular flexibility index (Phi) is 10.6. The first-order valence-electron chi connectivity index (χ1n) is 2.17. The summed E-state index contributed by atoms with van der Waals surface area (Å²) in [6, 6.07) is 0. The van der Waals surface area contributed by atoms with E-state index in [4.69, 9.17) is 0 Å². The second kappa shape index (κ2) is 7.49. The van der Waals surface area contributed by atoms with Crippen LogP contribution in [0.1, 0.15) is 0 Å². The van der Waals surface area contributed by atoms with Crippen molar-refractivity contribution >= 4 is 0 Å². The molecule has 0 fully saturated rings. The molecule has 0 aliphatic carbocycles. The monoisotopic (exact) mass is 185 g/mol. The molecule has 0 saturated carbocycles. The second-order valence-corrected chi connectivity index (χ2v) is 1.59. The van der Waals surface area contributed by atoms with Gasteiger partial charge in [0.2, 0.25) is 0 Å². The van der Waals surface area contributed by atoms with Crippen LogP contribution in [-0.2, 0) is 32.7 Å². The SMILES string of the molecule is [CH2-]C#CCN(C)C.[Y].